The normalized spacial score (nSPS) is 10.1. The molecule has 0 aliphatic heterocycles. The molecule has 2 aromatic rings. The Bertz CT molecular complexity index is 519. The molecule has 0 aliphatic carbocycles. The van der Waals surface area contributed by atoms with Gasteiger partial charge in [0.15, 0.2) is 5.75 Å². The number of aryl methyl sites for hydroxylation is 1. The van der Waals surface area contributed by atoms with E-state index in [1.807, 2.05) is 31.2 Å². The lowest BCUT2D eigenvalue weighted by atomic mass is 10.2. The van der Waals surface area contributed by atoms with Gasteiger partial charge in [-0.25, -0.2) is 4.79 Å². The molecular weight excluding hydrogens is 208 g/mol. The fourth-order valence-corrected chi connectivity index (χ4v) is 1.26. The number of hydrogen-bond acceptors (Lipinski definition) is 3. The van der Waals surface area contributed by atoms with E-state index in [4.69, 9.17) is 9.84 Å². The lowest BCUT2D eigenvalue weighted by molar-refractivity contribution is 0.192. The first-order valence-electron chi connectivity index (χ1n) is 4.68. The number of carbonyl (C=O) groups is 1. The van der Waals surface area contributed by atoms with Crippen molar-refractivity contribution >= 4 is 6.09 Å². The van der Waals surface area contributed by atoms with Gasteiger partial charge in [0.2, 0.25) is 0 Å². The van der Waals surface area contributed by atoms with Gasteiger partial charge in [-0.2, -0.15) is 9.78 Å². The van der Waals surface area contributed by atoms with E-state index in [0.717, 1.165) is 10.2 Å². The Hall–Kier alpha value is -2.30. The molecular formula is C11H10N2O3. The highest BCUT2D eigenvalue weighted by Gasteiger charge is 2.06. The van der Waals surface area contributed by atoms with Crippen LogP contribution in [0.15, 0.2) is 36.7 Å². The zero-order valence-corrected chi connectivity index (χ0v) is 8.62. The van der Waals surface area contributed by atoms with E-state index in [2.05, 4.69) is 5.10 Å². The lowest BCUT2D eigenvalue weighted by Crippen LogP contribution is -2.07. The molecule has 0 amide bonds. The van der Waals surface area contributed by atoms with Crippen LogP contribution in [-0.4, -0.2) is 21.0 Å². The molecule has 82 valence electrons. The van der Waals surface area contributed by atoms with Crippen molar-refractivity contribution in [1.29, 1.82) is 0 Å². The molecule has 5 nitrogen and oxygen atoms in total. The molecule has 1 heterocycles. The summed E-state index contributed by atoms with van der Waals surface area (Å²) in [6.07, 6.45) is 1.54. The van der Waals surface area contributed by atoms with E-state index < -0.39 is 6.09 Å². The third-order valence-corrected chi connectivity index (χ3v) is 2.08. The van der Waals surface area contributed by atoms with E-state index in [-0.39, 0.29) is 0 Å². The average Bonchev–Trinajstić information content (AvgIpc) is 2.70. The Morgan fingerprint density at radius 2 is 2.19 bits per heavy atom. The van der Waals surface area contributed by atoms with E-state index >= 15 is 0 Å². The summed E-state index contributed by atoms with van der Waals surface area (Å²) in [4.78, 5) is 10.6. The maximum absolute atomic E-state index is 10.6. The van der Waals surface area contributed by atoms with E-state index in [1.165, 1.54) is 12.4 Å². The summed E-state index contributed by atoms with van der Waals surface area (Å²) in [5, 5.41) is 12.3. The zero-order chi connectivity index (χ0) is 11.5. The molecule has 2 rings (SSSR count). The van der Waals surface area contributed by atoms with Gasteiger partial charge in [-0.1, -0.05) is 18.2 Å². The largest absolute Gasteiger partial charge is 0.463 e. The standard InChI is InChI=1S/C11H10N2O3/c1-8-4-2-3-5-10(8)16-9-6-12-13(7-9)11(14)15/h2-7H,1H3,(H,14,15). The summed E-state index contributed by atoms with van der Waals surface area (Å²) in [6, 6.07) is 7.48. The maximum Gasteiger partial charge on any atom is 0.432 e. The van der Waals surface area contributed by atoms with Gasteiger partial charge in [0.1, 0.15) is 5.75 Å². The van der Waals surface area contributed by atoms with Crippen molar-refractivity contribution in [3.8, 4) is 11.5 Å². The predicted octanol–water partition coefficient (Wildman–Crippen LogP) is 2.51. The Balaban J connectivity index is 2.21. The Morgan fingerprint density at radius 3 is 2.81 bits per heavy atom. The van der Waals surface area contributed by atoms with Gasteiger partial charge in [-0.3, -0.25) is 0 Å². The number of ether oxygens (including phenoxy) is 1. The first-order chi connectivity index (χ1) is 7.66. The number of para-hydroxylation sites is 1. The van der Waals surface area contributed by atoms with Crippen molar-refractivity contribution in [2.45, 2.75) is 6.92 Å². The summed E-state index contributed by atoms with van der Waals surface area (Å²) in [5.74, 6) is 1.09. The molecule has 0 spiro atoms. The zero-order valence-electron chi connectivity index (χ0n) is 8.62. The molecule has 0 atom stereocenters. The second-order valence-corrected chi connectivity index (χ2v) is 3.27. The summed E-state index contributed by atoms with van der Waals surface area (Å²) >= 11 is 0. The van der Waals surface area contributed by atoms with Crippen LogP contribution in [0.3, 0.4) is 0 Å². The van der Waals surface area contributed by atoms with Gasteiger partial charge in [-0.05, 0) is 18.6 Å². The number of nitrogens with zero attached hydrogens (tertiary/aromatic N) is 2. The molecule has 0 radical (unpaired) electrons. The molecule has 16 heavy (non-hydrogen) atoms. The summed E-state index contributed by atoms with van der Waals surface area (Å²) < 4.78 is 6.29. The minimum Gasteiger partial charge on any atom is -0.463 e. The number of hydrogen-bond donors (Lipinski definition) is 1. The van der Waals surface area contributed by atoms with Crippen LogP contribution in [0.2, 0.25) is 0 Å². The van der Waals surface area contributed by atoms with Crippen LogP contribution in [0.1, 0.15) is 5.56 Å². The topological polar surface area (TPSA) is 64.4 Å². The van der Waals surface area contributed by atoms with Crippen LogP contribution < -0.4 is 4.74 Å². The molecule has 1 aromatic heterocycles. The van der Waals surface area contributed by atoms with Gasteiger partial charge >= 0.3 is 6.09 Å². The van der Waals surface area contributed by atoms with Gasteiger partial charge < -0.3 is 9.84 Å². The first-order valence-corrected chi connectivity index (χ1v) is 4.68. The third-order valence-electron chi connectivity index (χ3n) is 2.08. The number of benzene rings is 1. The van der Waals surface area contributed by atoms with Crippen LogP contribution in [0.4, 0.5) is 4.79 Å². The second-order valence-electron chi connectivity index (χ2n) is 3.27. The van der Waals surface area contributed by atoms with Gasteiger partial charge in [0.05, 0.1) is 12.4 Å². The molecule has 1 N–H and O–H groups in total. The first kappa shape index (κ1) is 10.2. The highest BCUT2D eigenvalue weighted by molar-refractivity contribution is 5.67. The summed E-state index contributed by atoms with van der Waals surface area (Å²) in [7, 11) is 0. The highest BCUT2D eigenvalue weighted by atomic mass is 16.5. The Labute approximate surface area is 91.9 Å². The molecule has 0 unspecified atom stereocenters. The minimum atomic E-state index is -1.14. The summed E-state index contributed by atoms with van der Waals surface area (Å²) in [5.41, 5.74) is 0.977. The third kappa shape index (κ3) is 2.03. The number of rotatable bonds is 2. The van der Waals surface area contributed by atoms with Crippen LogP contribution in [0, 0.1) is 6.92 Å². The SMILES string of the molecule is Cc1ccccc1Oc1cnn(C(=O)O)c1. The van der Waals surface area contributed by atoms with Gasteiger partial charge in [0, 0.05) is 0 Å². The van der Waals surface area contributed by atoms with Crippen LogP contribution >= 0.6 is 0 Å². The van der Waals surface area contributed by atoms with Crippen LogP contribution in [0.25, 0.3) is 0 Å². The molecule has 0 bridgehead atoms. The fraction of sp³-hybridized carbons (Fsp3) is 0.0909. The molecule has 0 saturated heterocycles. The van der Waals surface area contributed by atoms with Crippen molar-refractivity contribution in [3.63, 3.8) is 0 Å². The number of aromatic nitrogens is 2. The van der Waals surface area contributed by atoms with Crippen molar-refractivity contribution in [2.75, 3.05) is 0 Å². The quantitative estimate of drug-likeness (QED) is 0.841. The predicted molar refractivity (Wildman–Crippen MR) is 56.9 cm³/mol. The fourth-order valence-electron chi connectivity index (χ4n) is 1.26. The Kier molecular flexibility index (Phi) is 2.59. The molecule has 1 aromatic carbocycles. The van der Waals surface area contributed by atoms with Crippen LogP contribution in [-0.2, 0) is 0 Å². The lowest BCUT2D eigenvalue weighted by Gasteiger charge is -2.04. The molecule has 0 aliphatic rings. The van der Waals surface area contributed by atoms with Crippen molar-refractivity contribution in [2.24, 2.45) is 0 Å². The van der Waals surface area contributed by atoms with E-state index in [1.54, 1.807) is 0 Å². The van der Waals surface area contributed by atoms with Crippen molar-refractivity contribution < 1.29 is 14.6 Å². The van der Waals surface area contributed by atoms with E-state index in [0.29, 0.717) is 11.5 Å². The van der Waals surface area contributed by atoms with Gasteiger partial charge in [0.25, 0.3) is 0 Å². The highest BCUT2D eigenvalue weighted by Crippen LogP contribution is 2.23. The molecule has 0 fully saturated rings. The monoisotopic (exact) mass is 218 g/mol. The van der Waals surface area contributed by atoms with E-state index in [9.17, 15) is 4.79 Å². The Morgan fingerprint density at radius 1 is 1.44 bits per heavy atom. The average molecular weight is 218 g/mol. The number of carboxylic acid groups (broad SMARTS) is 1. The second kappa shape index (κ2) is 4.06. The smallest absolute Gasteiger partial charge is 0.432 e. The van der Waals surface area contributed by atoms with Gasteiger partial charge in [-0.15, -0.1) is 0 Å². The maximum atomic E-state index is 10.6. The molecule has 5 heteroatoms. The van der Waals surface area contributed by atoms with Crippen LogP contribution in [0.5, 0.6) is 11.5 Å². The minimum absolute atomic E-state index is 0.400. The molecule has 0 saturated carbocycles. The van der Waals surface area contributed by atoms with Crippen molar-refractivity contribution in [3.05, 3.63) is 42.2 Å². The van der Waals surface area contributed by atoms with Crippen molar-refractivity contribution in [1.82, 2.24) is 9.78 Å². The summed E-state index contributed by atoms with van der Waals surface area (Å²) in [6.45, 7) is 1.91.